The zero-order chi connectivity index (χ0) is 50.9. The predicted molar refractivity (Wildman–Crippen MR) is 308 cm³/mol. The van der Waals surface area contributed by atoms with Crippen LogP contribution in [0.25, 0.3) is 12.2 Å². The molecule has 0 saturated heterocycles. The van der Waals surface area contributed by atoms with Gasteiger partial charge in [-0.1, -0.05) is 205 Å². The number of hydrogen-bond donors (Lipinski definition) is 0. The fraction of sp³-hybridized carbons (Fsp3) is 0.531. The second kappa shape index (κ2) is 35.4. The third-order valence-corrected chi connectivity index (χ3v) is 15.2. The fourth-order valence-electron chi connectivity index (χ4n) is 9.25. The van der Waals surface area contributed by atoms with Crippen LogP contribution < -0.4 is 14.5 Å². The van der Waals surface area contributed by atoms with E-state index in [9.17, 15) is 10.1 Å². The Morgan fingerprint density at radius 1 is 0.657 bits per heavy atom. The van der Waals surface area contributed by atoms with Gasteiger partial charge in [-0.15, -0.1) is 0 Å². The van der Waals surface area contributed by atoms with Crippen molar-refractivity contribution in [2.24, 2.45) is 23.7 Å². The number of methoxy groups -OCH3 is 1. The van der Waals surface area contributed by atoms with E-state index in [0.717, 1.165) is 58.4 Å². The minimum absolute atomic E-state index is 0.171. The number of carbonyl (C=O) groups is 1. The van der Waals surface area contributed by atoms with Crippen molar-refractivity contribution in [3.05, 3.63) is 131 Å². The second-order valence-electron chi connectivity index (χ2n) is 19.5. The molecule has 0 N–H and O–H groups in total. The first-order chi connectivity index (χ1) is 34.1. The van der Waals surface area contributed by atoms with E-state index in [1.165, 1.54) is 114 Å². The fourth-order valence-corrected chi connectivity index (χ4v) is 10.0. The number of hydrogen-bond acceptors (Lipinski definition) is 6. The highest BCUT2D eigenvalue weighted by molar-refractivity contribution is 8.03. The summed E-state index contributed by atoms with van der Waals surface area (Å²) in [5.41, 5.74) is 5.46. The molecule has 0 fully saturated rings. The molecule has 3 aromatic carbocycles. The number of anilines is 2. The molecule has 4 unspecified atom stereocenters. The normalized spacial score (nSPS) is 13.8. The van der Waals surface area contributed by atoms with Crippen LogP contribution in [0, 0.1) is 35.0 Å². The van der Waals surface area contributed by atoms with Crippen LogP contribution in [-0.4, -0.2) is 39.1 Å². The highest BCUT2D eigenvalue weighted by atomic mass is 32.2. The van der Waals surface area contributed by atoms with E-state index in [4.69, 9.17) is 4.74 Å². The van der Waals surface area contributed by atoms with Gasteiger partial charge in [0, 0.05) is 65.4 Å². The van der Waals surface area contributed by atoms with Crippen molar-refractivity contribution in [3.8, 4) is 11.8 Å². The number of carbonyl (C=O) groups excluding carboxylic acids is 1. The van der Waals surface area contributed by atoms with E-state index >= 15 is 0 Å². The zero-order valence-electron chi connectivity index (χ0n) is 45.3. The Kier molecular flexibility index (Phi) is 30.1. The van der Waals surface area contributed by atoms with E-state index in [1.807, 2.05) is 42.5 Å². The van der Waals surface area contributed by atoms with Crippen LogP contribution in [0.5, 0.6) is 5.75 Å². The number of thioether (sulfide) groups is 1. The summed E-state index contributed by atoms with van der Waals surface area (Å²) in [5.74, 6) is 3.44. The van der Waals surface area contributed by atoms with Crippen molar-refractivity contribution in [2.75, 3.05) is 43.1 Å². The van der Waals surface area contributed by atoms with Crippen molar-refractivity contribution >= 4 is 41.1 Å². The Bertz CT molecular complexity index is 2060. The molecule has 3 rings (SSSR count). The van der Waals surface area contributed by atoms with Gasteiger partial charge in [-0.05, 0) is 109 Å². The lowest BCUT2D eigenvalue weighted by Crippen LogP contribution is -2.34. The number of rotatable bonds is 37. The van der Waals surface area contributed by atoms with Gasteiger partial charge in [0.05, 0.1) is 12.7 Å². The topological polar surface area (TPSA) is 56.6 Å². The van der Waals surface area contributed by atoms with Gasteiger partial charge in [0.15, 0.2) is 5.78 Å². The molecule has 0 aliphatic heterocycles. The van der Waals surface area contributed by atoms with Crippen molar-refractivity contribution in [1.29, 1.82) is 5.26 Å². The molecular formula is C64H93N3O2S. The van der Waals surface area contributed by atoms with Gasteiger partial charge >= 0.3 is 0 Å². The number of ketones is 1. The molecule has 0 spiro atoms. The number of unbranched alkanes of at least 4 members (excludes halogenated alkanes) is 4. The third kappa shape index (κ3) is 21.7. The van der Waals surface area contributed by atoms with E-state index in [2.05, 4.69) is 139 Å². The Hall–Kier alpha value is -4.73. The summed E-state index contributed by atoms with van der Waals surface area (Å²) >= 11 is 1.62. The molecule has 70 heavy (non-hydrogen) atoms. The summed E-state index contributed by atoms with van der Waals surface area (Å²) in [6.45, 7) is 26.8. The Balaban J connectivity index is 1.67. The highest BCUT2D eigenvalue weighted by Crippen LogP contribution is 2.32. The van der Waals surface area contributed by atoms with Gasteiger partial charge in [0.25, 0.3) is 0 Å². The average Bonchev–Trinajstić information content (AvgIpc) is 3.39. The molecule has 0 saturated carbocycles. The summed E-state index contributed by atoms with van der Waals surface area (Å²) < 4.78 is 5.96. The summed E-state index contributed by atoms with van der Waals surface area (Å²) in [6, 6.07) is 25.4. The van der Waals surface area contributed by atoms with Crippen LogP contribution in [0.15, 0.2) is 119 Å². The lowest BCUT2D eigenvalue weighted by atomic mass is 9.95. The number of nitriles is 1. The van der Waals surface area contributed by atoms with Gasteiger partial charge in [-0.3, -0.25) is 4.79 Å². The maximum Gasteiger partial charge on any atom is 0.177 e. The molecular weight excluding hydrogens is 875 g/mol. The van der Waals surface area contributed by atoms with E-state index < -0.39 is 0 Å². The predicted octanol–water partition coefficient (Wildman–Crippen LogP) is 18.3. The largest absolute Gasteiger partial charge is 0.496 e. The first kappa shape index (κ1) is 59.6. The summed E-state index contributed by atoms with van der Waals surface area (Å²) in [4.78, 5) is 20.7. The van der Waals surface area contributed by atoms with Crippen molar-refractivity contribution in [2.45, 2.75) is 169 Å². The van der Waals surface area contributed by atoms with Gasteiger partial charge in [0.2, 0.25) is 0 Å². The molecule has 0 bridgehead atoms. The van der Waals surface area contributed by atoms with Crippen molar-refractivity contribution in [3.63, 3.8) is 0 Å². The highest BCUT2D eigenvalue weighted by Gasteiger charge is 2.20. The van der Waals surface area contributed by atoms with Crippen LogP contribution in [-0.2, 0) is 11.2 Å². The van der Waals surface area contributed by atoms with Crippen molar-refractivity contribution < 1.29 is 9.53 Å². The number of Topliss-reactive ketones (excluding diaryl/α,β-unsaturated/α-hetero) is 1. The molecule has 382 valence electrons. The zero-order valence-corrected chi connectivity index (χ0v) is 46.1. The number of allylic oxidation sites excluding steroid dienone is 6. The molecule has 5 nitrogen and oxygen atoms in total. The SMILES string of the molecule is C=C\C(=C/C=C/C=C/c1ccc(N(CC(CC)CCCC)CC(CC)CCCC)cc1OC)Sc1ccc(CC(=O)/C(C#N)=C/c2ccc(N(CC(CC)CCCC)CC(CC)CCCC)cc2)cc1. The first-order valence-corrected chi connectivity index (χ1v) is 28.3. The maximum atomic E-state index is 13.5. The Morgan fingerprint density at radius 3 is 1.59 bits per heavy atom. The van der Waals surface area contributed by atoms with E-state index in [0.29, 0.717) is 23.7 Å². The lowest BCUT2D eigenvalue weighted by molar-refractivity contribution is -0.114. The van der Waals surface area contributed by atoms with E-state index in [-0.39, 0.29) is 17.8 Å². The van der Waals surface area contributed by atoms with Gasteiger partial charge in [-0.2, -0.15) is 5.26 Å². The van der Waals surface area contributed by atoms with Crippen LogP contribution in [0.3, 0.4) is 0 Å². The van der Waals surface area contributed by atoms with Crippen LogP contribution in [0.4, 0.5) is 11.4 Å². The maximum absolute atomic E-state index is 13.5. The minimum atomic E-state index is -0.178. The van der Waals surface area contributed by atoms with Gasteiger partial charge < -0.3 is 14.5 Å². The first-order valence-electron chi connectivity index (χ1n) is 27.5. The van der Waals surface area contributed by atoms with Crippen LogP contribution >= 0.6 is 11.8 Å². The minimum Gasteiger partial charge on any atom is -0.496 e. The van der Waals surface area contributed by atoms with Crippen molar-refractivity contribution in [1.82, 2.24) is 0 Å². The molecule has 0 radical (unpaired) electrons. The number of ether oxygens (including phenoxy) is 1. The Morgan fingerprint density at radius 2 is 1.14 bits per heavy atom. The molecule has 0 aliphatic rings. The van der Waals surface area contributed by atoms with E-state index in [1.54, 1.807) is 24.9 Å². The monoisotopic (exact) mass is 968 g/mol. The molecule has 0 heterocycles. The third-order valence-electron chi connectivity index (χ3n) is 14.1. The molecule has 0 aliphatic carbocycles. The number of benzene rings is 3. The standard InChI is InChI=1S/C64H93N3O2S/c1-11-20-27-51(15-5)47-66(48-52(16-6)28-21-12-2)59-38-33-55(34-39-59)43-58(46-65)63(68)44-56-35-41-62(42-36-56)70-61(19-9)32-26-24-25-31-57-37-40-60(45-64(57)69-10)67(49-53(17-7)29-22-13-3)50-54(18-8)30-23-14-4/h19,24-26,31-43,45,51-54H,9,11-18,20-23,27-30,44,47-50H2,1-8,10H3/b26-24+,31-25+,58-43+,61-32+. The molecule has 3 aromatic rings. The van der Waals surface area contributed by atoms with Gasteiger partial charge in [0.1, 0.15) is 11.8 Å². The molecule has 0 amide bonds. The second-order valence-corrected chi connectivity index (χ2v) is 20.7. The molecule has 0 aromatic heterocycles. The molecule has 4 atom stereocenters. The number of nitrogens with zero attached hydrogens (tertiary/aromatic N) is 3. The summed E-state index contributed by atoms with van der Waals surface area (Å²) in [7, 11) is 1.77. The quantitative estimate of drug-likeness (QED) is 0.0248. The lowest BCUT2D eigenvalue weighted by Gasteiger charge is -2.33. The summed E-state index contributed by atoms with van der Waals surface area (Å²) in [6.07, 6.45) is 34.0. The summed E-state index contributed by atoms with van der Waals surface area (Å²) in [5, 5.41) is 10.1. The van der Waals surface area contributed by atoms with Crippen LogP contribution in [0.2, 0.25) is 0 Å². The molecule has 6 heteroatoms. The van der Waals surface area contributed by atoms with Gasteiger partial charge in [-0.25, -0.2) is 0 Å². The average molecular weight is 969 g/mol. The smallest absolute Gasteiger partial charge is 0.177 e. The van der Waals surface area contributed by atoms with Crippen LogP contribution in [0.1, 0.15) is 175 Å². The Labute approximate surface area is 432 Å².